The normalized spacial score (nSPS) is 11.4. The molecule has 2 N–H and O–H groups in total. The van der Waals surface area contributed by atoms with Gasteiger partial charge in [-0.15, -0.1) is 19.0 Å². The summed E-state index contributed by atoms with van der Waals surface area (Å²) in [6, 6.07) is 3.39. The maximum atomic E-state index is 13.0. The van der Waals surface area contributed by atoms with Crippen molar-refractivity contribution in [3.05, 3.63) is 52.3 Å². The van der Waals surface area contributed by atoms with E-state index < -0.39 is 16.4 Å². The summed E-state index contributed by atoms with van der Waals surface area (Å²) in [5, 5.41) is 10.5. The monoisotopic (exact) mass is 260 g/mol. The second-order valence-electron chi connectivity index (χ2n) is 3.44. The van der Waals surface area contributed by atoms with Gasteiger partial charge in [-0.1, -0.05) is 12.1 Å². The van der Waals surface area contributed by atoms with Gasteiger partial charge in [-0.3, -0.25) is 10.1 Å². The predicted octanol–water partition coefficient (Wildman–Crippen LogP) is 3.12. The summed E-state index contributed by atoms with van der Waals surface area (Å²) in [4.78, 5) is 9.77. The zero-order valence-electron chi connectivity index (χ0n) is 9.14. The molecule has 0 bridgehead atoms. The molecule has 4 nitrogen and oxygen atoms in total. The molecule has 0 radical (unpaired) electrons. The number of nitrogens with two attached hydrogens (primary N) is 1. The van der Waals surface area contributed by atoms with Crippen molar-refractivity contribution in [2.75, 3.05) is 0 Å². The summed E-state index contributed by atoms with van der Waals surface area (Å²) < 4.78 is 13.0. The van der Waals surface area contributed by atoms with Crippen molar-refractivity contribution >= 4 is 18.1 Å². The number of rotatable bonds is 5. The van der Waals surface area contributed by atoms with Gasteiger partial charge in [-0.05, 0) is 24.5 Å². The SMILES string of the molecule is C=CCC[C@@H](N)c1ccc(F)c([N+](=O)[O-])c1.Cl. The maximum Gasteiger partial charge on any atom is 0.305 e. The van der Waals surface area contributed by atoms with Crippen LogP contribution < -0.4 is 5.73 Å². The van der Waals surface area contributed by atoms with E-state index >= 15 is 0 Å². The van der Waals surface area contributed by atoms with Crippen LogP contribution in [0.5, 0.6) is 0 Å². The summed E-state index contributed by atoms with van der Waals surface area (Å²) in [6.45, 7) is 3.56. The first-order valence-electron chi connectivity index (χ1n) is 4.86. The molecule has 0 unspecified atom stereocenters. The van der Waals surface area contributed by atoms with Crippen LogP contribution >= 0.6 is 12.4 Å². The Hall–Kier alpha value is -1.46. The minimum Gasteiger partial charge on any atom is -0.324 e. The number of benzene rings is 1. The summed E-state index contributed by atoms with van der Waals surface area (Å²) >= 11 is 0. The highest BCUT2D eigenvalue weighted by atomic mass is 35.5. The lowest BCUT2D eigenvalue weighted by atomic mass is 10.0. The molecular formula is C11H14ClFN2O2. The van der Waals surface area contributed by atoms with Gasteiger partial charge in [0.05, 0.1) is 4.92 Å². The topological polar surface area (TPSA) is 69.2 Å². The van der Waals surface area contributed by atoms with E-state index in [4.69, 9.17) is 5.73 Å². The molecule has 0 heterocycles. The molecule has 94 valence electrons. The molecule has 1 atom stereocenters. The molecule has 0 spiro atoms. The second kappa shape index (κ2) is 6.98. The van der Waals surface area contributed by atoms with Crippen LogP contribution in [-0.2, 0) is 0 Å². The van der Waals surface area contributed by atoms with E-state index in [9.17, 15) is 14.5 Å². The van der Waals surface area contributed by atoms with Gasteiger partial charge >= 0.3 is 5.69 Å². The van der Waals surface area contributed by atoms with Crippen LogP contribution in [0.4, 0.5) is 10.1 Å². The molecule has 1 aromatic rings. The molecule has 6 heteroatoms. The first kappa shape index (κ1) is 15.5. The molecule has 0 aromatic heterocycles. The first-order chi connectivity index (χ1) is 7.56. The molecule has 0 amide bonds. The molecule has 0 aliphatic carbocycles. The molecule has 0 saturated carbocycles. The van der Waals surface area contributed by atoms with Gasteiger partial charge in [0.2, 0.25) is 5.82 Å². The predicted molar refractivity (Wildman–Crippen MR) is 66.7 cm³/mol. The lowest BCUT2D eigenvalue weighted by molar-refractivity contribution is -0.387. The van der Waals surface area contributed by atoms with Crippen molar-refractivity contribution < 1.29 is 9.31 Å². The highest BCUT2D eigenvalue weighted by molar-refractivity contribution is 5.85. The van der Waals surface area contributed by atoms with E-state index in [1.165, 1.54) is 12.1 Å². The number of nitrogens with zero attached hydrogens (tertiary/aromatic N) is 1. The largest absolute Gasteiger partial charge is 0.324 e. The Morgan fingerprint density at radius 1 is 1.59 bits per heavy atom. The van der Waals surface area contributed by atoms with E-state index in [1.54, 1.807) is 6.08 Å². The molecule has 0 fully saturated rings. The van der Waals surface area contributed by atoms with Crippen molar-refractivity contribution in [1.29, 1.82) is 0 Å². The van der Waals surface area contributed by atoms with E-state index in [0.29, 0.717) is 18.4 Å². The zero-order chi connectivity index (χ0) is 12.1. The average molecular weight is 261 g/mol. The number of nitro benzene ring substituents is 1. The Morgan fingerprint density at radius 2 is 2.24 bits per heavy atom. The fourth-order valence-corrected chi connectivity index (χ4v) is 1.36. The maximum absolute atomic E-state index is 13.0. The Labute approximate surface area is 105 Å². The van der Waals surface area contributed by atoms with Gasteiger partial charge in [0.25, 0.3) is 0 Å². The number of hydrogen-bond acceptors (Lipinski definition) is 3. The van der Waals surface area contributed by atoms with Gasteiger partial charge < -0.3 is 5.73 Å². The Morgan fingerprint density at radius 3 is 2.76 bits per heavy atom. The fraction of sp³-hybridized carbons (Fsp3) is 0.273. The number of nitro groups is 1. The highest BCUT2D eigenvalue weighted by Crippen LogP contribution is 2.23. The number of allylic oxidation sites excluding steroid dienone is 1. The van der Waals surface area contributed by atoms with Crippen molar-refractivity contribution in [3.8, 4) is 0 Å². The molecular weight excluding hydrogens is 247 g/mol. The third kappa shape index (κ3) is 4.13. The summed E-state index contributed by atoms with van der Waals surface area (Å²) in [6.07, 6.45) is 3.07. The minimum atomic E-state index is -0.843. The molecule has 0 aliphatic heterocycles. The van der Waals surface area contributed by atoms with Crippen LogP contribution in [0.15, 0.2) is 30.9 Å². The molecule has 0 saturated heterocycles. The van der Waals surface area contributed by atoms with E-state index in [1.807, 2.05) is 0 Å². The molecule has 1 aromatic carbocycles. The Bertz CT molecular complexity index is 412. The standard InChI is InChI=1S/C11H13FN2O2.ClH/c1-2-3-4-10(13)8-5-6-9(12)11(7-8)14(15)16;/h2,5-7,10H,1,3-4,13H2;1H/t10-;/m1./s1. The zero-order valence-corrected chi connectivity index (χ0v) is 9.95. The van der Waals surface area contributed by atoms with E-state index in [0.717, 1.165) is 6.07 Å². The van der Waals surface area contributed by atoms with Gasteiger partial charge in [0.15, 0.2) is 0 Å². The van der Waals surface area contributed by atoms with Crippen LogP contribution in [0.1, 0.15) is 24.4 Å². The summed E-state index contributed by atoms with van der Waals surface area (Å²) in [5.41, 5.74) is 5.84. The van der Waals surface area contributed by atoms with Crippen LogP contribution in [0, 0.1) is 15.9 Å². The first-order valence-corrected chi connectivity index (χ1v) is 4.86. The summed E-state index contributed by atoms with van der Waals surface area (Å²) in [5.74, 6) is -0.843. The van der Waals surface area contributed by atoms with Crippen LogP contribution in [-0.4, -0.2) is 4.92 Å². The van der Waals surface area contributed by atoms with Crippen LogP contribution in [0.3, 0.4) is 0 Å². The van der Waals surface area contributed by atoms with Crippen molar-refractivity contribution in [2.24, 2.45) is 5.73 Å². The van der Waals surface area contributed by atoms with E-state index in [2.05, 4.69) is 6.58 Å². The summed E-state index contributed by atoms with van der Waals surface area (Å²) in [7, 11) is 0. The number of hydrogen-bond donors (Lipinski definition) is 1. The Balaban J connectivity index is 0.00000256. The van der Waals surface area contributed by atoms with Crippen molar-refractivity contribution in [3.63, 3.8) is 0 Å². The van der Waals surface area contributed by atoms with E-state index in [-0.39, 0.29) is 18.4 Å². The van der Waals surface area contributed by atoms with Crippen molar-refractivity contribution in [1.82, 2.24) is 0 Å². The molecule has 17 heavy (non-hydrogen) atoms. The third-order valence-electron chi connectivity index (χ3n) is 2.28. The van der Waals surface area contributed by atoms with Crippen LogP contribution in [0.2, 0.25) is 0 Å². The highest BCUT2D eigenvalue weighted by Gasteiger charge is 2.16. The minimum absolute atomic E-state index is 0. The average Bonchev–Trinajstić information content (AvgIpc) is 2.26. The van der Waals surface area contributed by atoms with Crippen LogP contribution in [0.25, 0.3) is 0 Å². The smallest absolute Gasteiger partial charge is 0.305 e. The lowest BCUT2D eigenvalue weighted by Gasteiger charge is -2.10. The third-order valence-corrected chi connectivity index (χ3v) is 2.28. The second-order valence-corrected chi connectivity index (χ2v) is 3.44. The fourth-order valence-electron chi connectivity index (χ4n) is 1.36. The number of halogens is 2. The van der Waals surface area contributed by atoms with Gasteiger partial charge in [-0.2, -0.15) is 4.39 Å². The van der Waals surface area contributed by atoms with Gasteiger partial charge in [0.1, 0.15) is 0 Å². The van der Waals surface area contributed by atoms with Gasteiger partial charge in [0, 0.05) is 12.1 Å². The van der Waals surface area contributed by atoms with Crippen molar-refractivity contribution in [2.45, 2.75) is 18.9 Å². The molecule has 1 rings (SSSR count). The van der Waals surface area contributed by atoms with Gasteiger partial charge in [-0.25, -0.2) is 0 Å². The Kier molecular flexibility index (Phi) is 6.38. The lowest BCUT2D eigenvalue weighted by Crippen LogP contribution is -2.10. The molecule has 0 aliphatic rings. The quantitative estimate of drug-likeness (QED) is 0.502.